The number of halogens is 1. The highest BCUT2D eigenvalue weighted by molar-refractivity contribution is 6.30. The number of amides is 2. The van der Waals surface area contributed by atoms with Crippen molar-refractivity contribution in [3.63, 3.8) is 0 Å². The Balaban J connectivity index is 2.41. The minimum atomic E-state index is -0.320. The Morgan fingerprint density at radius 2 is 2.11 bits per heavy atom. The summed E-state index contributed by atoms with van der Waals surface area (Å²) in [7, 11) is 0. The third kappa shape index (κ3) is 6.62. The number of nitrogens with one attached hydrogen (secondary N) is 2. The van der Waals surface area contributed by atoms with Gasteiger partial charge in [-0.05, 0) is 37.6 Å². The molecule has 0 saturated carbocycles. The zero-order chi connectivity index (χ0) is 14.3. The lowest BCUT2D eigenvalue weighted by atomic mass is 10.2. The molecular formula is C14H17ClN2O2. The van der Waals surface area contributed by atoms with E-state index < -0.39 is 0 Å². The van der Waals surface area contributed by atoms with Gasteiger partial charge in [-0.25, -0.2) is 0 Å². The van der Waals surface area contributed by atoms with Crippen LogP contribution in [0.1, 0.15) is 19.4 Å². The van der Waals surface area contributed by atoms with Gasteiger partial charge < -0.3 is 10.6 Å². The van der Waals surface area contributed by atoms with E-state index in [4.69, 9.17) is 11.6 Å². The van der Waals surface area contributed by atoms with Crippen molar-refractivity contribution in [1.82, 2.24) is 10.6 Å². The molecule has 102 valence electrons. The summed E-state index contributed by atoms with van der Waals surface area (Å²) >= 11 is 5.82. The molecule has 0 aliphatic heterocycles. The second-order valence-corrected chi connectivity index (χ2v) is 4.76. The summed E-state index contributed by atoms with van der Waals surface area (Å²) in [6, 6.07) is 7.20. The number of hydrogen-bond donors (Lipinski definition) is 2. The summed E-state index contributed by atoms with van der Waals surface area (Å²) in [5.74, 6) is -0.529. The first-order chi connectivity index (χ1) is 8.97. The molecule has 1 aromatic rings. The van der Waals surface area contributed by atoms with Gasteiger partial charge in [-0.2, -0.15) is 0 Å². The van der Waals surface area contributed by atoms with E-state index in [9.17, 15) is 9.59 Å². The predicted octanol–water partition coefficient (Wildman–Crippen LogP) is 1.99. The van der Waals surface area contributed by atoms with Crippen LogP contribution in [0.4, 0.5) is 0 Å². The summed E-state index contributed by atoms with van der Waals surface area (Å²) in [5.41, 5.74) is 0.828. The van der Waals surface area contributed by atoms with Crippen LogP contribution in [0.3, 0.4) is 0 Å². The maximum Gasteiger partial charge on any atom is 0.244 e. The highest BCUT2D eigenvalue weighted by Gasteiger charge is 2.03. The van der Waals surface area contributed by atoms with Gasteiger partial charge in [0.25, 0.3) is 0 Å². The van der Waals surface area contributed by atoms with Crippen molar-refractivity contribution >= 4 is 29.5 Å². The standard InChI is InChI=1S/C14H17ClN2O2/c1-10(2)17-14(19)9-16-13(18)7-6-11-4-3-5-12(15)8-11/h3-8,10H,9H2,1-2H3,(H,16,18)(H,17,19)/b7-6+. The van der Waals surface area contributed by atoms with Crippen molar-refractivity contribution in [2.24, 2.45) is 0 Å². The molecule has 0 bridgehead atoms. The highest BCUT2D eigenvalue weighted by Crippen LogP contribution is 2.11. The second kappa shape index (κ2) is 7.59. The van der Waals surface area contributed by atoms with Crippen LogP contribution in [0.25, 0.3) is 6.08 Å². The van der Waals surface area contributed by atoms with E-state index in [0.717, 1.165) is 5.56 Å². The Hall–Kier alpha value is -1.81. The summed E-state index contributed by atoms with van der Waals surface area (Å²) < 4.78 is 0. The fourth-order valence-electron chi connectivity index (χ4n) is 1.38. The quantitative estimate of drug-likeness (QED) is 0.811. The number of hydrogen-bond acceptors (Lipinski definition) is 2. The Labute approximate surface area is 117 Å². The monoisotopic (exact) mass is 280 g/mol. The van der Waals surface area contributed by atoms with Crippen LogP contribution in [0.2, 0.25) is 5.02 Å². The molecule has 4 nitrogen and oxygen atoms in total. The fourth-order valence-corrected chi connectivity index (χ4v) is 1.58. The smallest absolute Gasteiger partial charge is 0.244 e. The van der Waals surface area contributed by atoms with Gasteiger partial charge in [0.15, 0.2) is 0 Å². The van der Waals surface area contributed by atoms with Crippen LogP contribution in [-0.4, -0.2) is 24.4 Å². The lowest BCUT2D eigenvalue weighted by molar-refractivity contribution is -0.124. The van der Waals surface area contributed by atoms with Gasteiger partial charge in [-0.3, -0.25) is 9.59 Å². The molecule has 0 aliphatic carbocycles. The molecule has 0 saturated heterocycles. The van der Waals surface area contributed by atoms with E-state index >= 15 is 0 Å². The first kappa shape index (κ1) is 15.2. The van der Waals surface area contributed by atoms with Gasteiger partial charge >= 0.3 is 0 Å². The van der Waals surface area contributed by atoms with Crippen LogP contribution in [-0.2, 0) is 9.59 Å². The van der Waals surface area contributed by atoms with Gasteiger partial charge in [-0.15, -0.1) is 0 Å². The predicted molar refractivity (Wildman–Crippen MR) is 76.8 cm³/mol. The molecule has 2 N–H and O–H groups in total. The molecule has 0 aliphatic rings. The number of benzene rings is 1. The zero-order valence-corrected chi connectivity index (χ0v) is 11.7. The molecule has 1 aromatic carbocycles. The van der Waals surface area contributed by atoms with Crippen molar-refractivity contribution in [3.05, 3.63) is 40.9 Å². The average Bonchev–Trinajstić information content (AvgIpc) is 2.33. The van der Waals surface area contributed by atoms with E-state index in [0.29, 0.717) is 5.02 Å². The van der Waals surface area contributed by atoms with Gasteiger partial charge in [0.1, 0.15) is 0 Å². The van der Waals surface area contributed by atoms with Crippen molar-refractivity contribution in [3.8, 4) is 0 Å². The molecule has 0 radical (unpaired) electrons. The van der Waals surface area contributed by atoms with Gasteiger partial charge in [0.2, 0.25) is 11.8 Å². The molecule has 1 rings (SSSR count). The van der Waals surface area contributed by atoms with E-state index in [1.807, 2.05) is 19.9 Å². The van der Waals surface area contributed by atoms with Crippen LogP contribution in [0, 0.1) is 0 Å². The second-order valence-electron chi connectivity index (χ2n) is 4.33. The van der Waals surface area contributed by atoms with E-state index in [1.165, 1.54) is 6.08 Å². The number of carbonyl (C=O) groups excluding carboxylic acids is 2. The number of rotatable bonds is 5. The Kier molecular flexibility index (Phi) is 6.09. The maximum absolute atomic E-state index is 11.5. The Bertz CT molecular complexity index is 484. The molecule has 0 unspecified atom stereocenters. The van der Waals surface area contributed by atoms with Gasteiger partial charge in [0, 0.05) is 17.1 Å². The largest absolute Gasteiger partial charge is 0.352 e. The van der Waals surface area contributed by atoms with E-state index in [1.54, 1.807) is 24.3 Å². The minimum absolute atomic E-state index is 0.0309. The zero-order valence-electron chi connectivity index (χ0n) is 10.9. The lowest BCUT2D eigenvalue weighted by Crippen LogP contribution is -2.39. The summed E-state index contributed by atoms with van der Waals surface area (Å²) in [4.78, 5) is 22.8. The topological polar surface area (TPSA) is 58.2 Å². The fraction of sp³-hybridized carbons (Fsp3) is 0.286. The van der Waals surface area contributed by atoms with Gasteiger partial charge in [-0.1, -0.05) is 23.7 Å². The Morgan fingerprint density at radius 3 is 2.74 bits per heavy atom. The molecule has 5 heteroatoms. The third-order valence-electron chi connectivity index (χ3n) is 2.15. The Morgan fingerprint density at radius 1 is 1.37 bits per heavy atom. The number of carbonyl (C=O) groups is 2. The SMILES string of the molecule is CC(C)NC(=O)CNC(=O)/C=C/c1cccc(Cl)c1. The van der Waals surface area contributed by atoms with E-state index in [2.05, 4.69) is 10.6 Å². The molecule has 19 heavy (non-hydrogen) atoms. The van der Waals surface area contributed by atoms with Crippen molar-refractivity contribution in [2.75, 3.05) is 6.54 Å². The first-order valence-electron chi connectivity index (χ1n) is 5.98. The summed E-state index contributed by atoms with van der Waals surface area (Å²) in [6.07, 6.45) is 3.01. The summed E-state index contributed by atoms with van der Waals surface area (Å²) in [5, 5.41) is 5.80. The highest BCUT2D eigenvalue weighted by atomic mass is 35.5. The van der Waals surface area contributed by atoms with Crippen molar-refractivity contribution < 1.29 is 9.59 Å². The minimum Gasteiger partial charge on any atom is -0.352 e. The third-order valence-corrected chi connectivity index (χ3v) is 2.38. The first-order valence-corrected chi connectivity index (χ1v) is 6.36. The van der Waals surface area contributed by atoms with Crippen LogP contribution >= 0.6 is 11.6 Å². The van der Waals surface area contributed by atoms with Crippen LogP contribution < -0.4 is 10.6 Å². The molecule has 2 amide bonds. The molecule has 0 fully saturated rings. The molecule has 0 atom stereocenters. The van der Waals surface area contributed by atoms with Gasteiger partial charge in [0.05, 0.1) is 6.54 Å². The normalized spacial score (nSPS) is 10.7. The maximum atomic E-state index is 11.5. The molecule has 0 spiro atoms. The van der Waals surface area contributed by atoms with Crippen LogP contribution in [0.5, 0.6) is 0 Å². The van der Waals surface area contributed by atoms with E-state index in [-0.39, 0.29) is 24.4 Å². The van der Waals surface area contributed by atoms with Crippen molar-refractivity contribution in [2.45, 2.75) is 19.9 Å². The average molecular weight is 281 g/mol. The molecular weight excluding hydrogens is 264 g/mol. The van der Waals surface area contributed by atoms with Crippen LogP contribution in [0.15, 0.2) is 30.3 Å². The molecule has 0 heterocycles. The molecule has 0 aromatic heterocycles. The lowest BCUT2D eigenvalue weighted by Gasteiger charge is -2.08. The van der Waals surface area contributed by atoms with Crippen molar-refractivity contribution in [1.29, 1.82) is 0 Å². The summed E-state index contributed by atoms with van der Waals surface area (Å²) in [6.45, 7) is 3.69.